The first kappa shape index (κ1) is 20.3. The molecule has 0 unspecified atom stereocenters. The number of aromatic amines is 1. The quantitative estimate of drug-likeness (QED) is 0.332. The van der Waals surface area contributed by atoms with E-state index in [2.05, 4.69) is 15.0 Å². The number of aromatic nitrogens is 4. The summed E-state index contributed by atoms with van der Waals surface area (Å²) in [5.41, 5.74) is -0.0876. The highest BCUT2D eigenvalue weighted by Gasteiger charge is 2.16. The highest BCUT2D eigenvalue weighted by Crippen LogP contribution is 2.30. The van der Waals surface area contributed by atoms with Crippen LogP contribution in [-0.4, -0.2) is 51.2 Å². The van der Waals surface area contributed by atoms with Crippen LogP contribution in [0.2, 0.25) is 0 Å². The maximum absolute atomic E-state index is 12.3. The Balaban J connectivity index is 1.92. The molecule has 0 saturated heterocycles. The summed E-state index contributed by atoms with van der Waals surface area (Å²) in [5.74, 6) is 0.666. The van der Waals surface area contributed by atoms with E-state index < -0.39 is 5.56 Å². The lowest BCUT2D eigenvalue weighted by Gasteiger charge is -2.15. The Hall–Kier alpha value is -3.40. The van der Waals surface area contributed by atoms with Gasteiger partial charge in [-0.3, -0.25) is 19.3 Å². The largest absolute Gasteiger partial charge is 0.497 e. The first-order valence-electron chi connectivity index (χ1n) is 8.81. The average Bonchev–Trinajstić information content (AvgIpc) is 3.23. The fourth-order valence-electron chi connectivity index (χ4n) is 2.77. The van der Waals surface area contributed by atoms with Crippen molar-refractivity contribution in [2.75, 3.05) is 20.8 Å². The Bertz CT molecular complexity index is 1120. The second-order valence-electron chi connectivity index (χ2n) is 6.06. The van der Waals surface area contributed by atoms with Gasteiger partial charge in [-0.15, -0.1) is 0 Å². The van der Waals surface area contributed by atoms with E-state index in [9.17, 15) is 9.90 Å². The van der Waals surface area contributed by atoms with Gasteiger partial charge in [0.15, 0.2) is 4.77 Å². The van der Waals surface area contributed by atoms with Crippen LogP contribution in [0, 0.1) is 4.77 Å². The van der Waals surface area contributed by atoms with Crippen LogP contribution in [0.25, 0.3) is 5.69 Å². The molecule has 0 radical (unpaired) electrons. The number of aryl methyl sites for hydroxylation is 1. The highest BCUT2D eigenvalue weighted by molar-refractivity contribution is 7.71. The van der Waals surface area contributed by atoms with Crippen LogP contribution in [-0.2, 0) is 6.54 Å². The summed E-state index contributed by atoms with van der Waals surface area (Å²) in [6, 6.07) is 5.06. The van der Waals surface area contributed by atoms with Gasteiger partial charge in [-0.1, -0.05) is 0 Å². The van der Waals surface area contributed by atoms with Crippen molar-refractivity contribution in [2.24, 2.45) is 4.99 Å². The fourth-order valence-corrected chi connectivity index (χ4v) is 3.05. The number of hydrogen-bond acceptors (Lipinski definition) is 7. The van der Waals surface area contributed by atoms with Crippen molar-refractivity contribution in [1.29, 1.82) is 0 Å². The molecule has 0 spiro atoms. The number of nitrogens with zero attached hydrogens (tertiary/aromatic N) is 4. The predicted molar refractivity (Wildman–Crippen MR) is 111 cm³/mol. The SMILES string of the molecule is COc1ccc(OC)c(-n2c(O)c(C=NCCCn3ccnc3)c(=O)[nH]c2=S)c1. The summed E-state index contributed by atoms with van der Waals surface area (Å²) in [4.78, 5) is 23.1. The van der Waals surface area contributed by atoms with Crippen LogP contribution in [0.3, 0.4) is 0 Å². The number of aromatic hydroxyl groups is 1. The van der Waals surface area contributed by atoms with Crippen LogP contribution in [0.4, 0.5) is 0 Å². The predicted octanol–water partition coefficient (Wildman–Crippen LogP) is 2.32. The molecule has 152 valence electrons. The normalized spacial score (nSPS) is 11.1. The zero-order chi connectivity index (χ0) is 20.8. The van der Waals surface area contributed by atoms with Gasteiger partial charge in [-0.2, -0.15) is 0 Å². The Kier molecular flexibility index (Phi) is 6.45. The van der Waals surface area contributed by atoms with Crippen molar-refractivity contribution in [3.05, 3.63) is 57.6 Å². The van der Waals surface area contributed by atoms with E-state index in [1.54, 1.807) is 30.7 Å². The molecule has 0 fully saturated rings. The van der Waals surface area contributed by atoms with Gasteiger partial charge < -0.3 is 19.1 Å². The van der Waals surface area contributed by atoms with Crippen LogP contribution in [0.5, 0.6) is 17.4 Å². The van der Waals surface area contributed by atoms with Crippen LogP contribution in [0.1, 0.15) is 12.0 Å². The lowest BCUT2D eigenvalue weighted by Crippen LogP contribution is -2.18. The molecule has 10 heteroatoms. The summed E-state index contributed by atoms with van der Waals surface area (Å²) in [6.07, 6.45) is 7.41. The standard InChI is InChI=1S/C19H21N5O4S/c1-27-13-4-5-16(28-2)15(10-13)24-18(26)14(17(25)22-19(24)29)11-20-6-3-8-23-9-7-21-12-23/h4-5,7,9-12,26H,3,6,8H2,1-2H3,(H,22,25,29). The summed E-state index contributed by atoms with van der Waals surface area (Å²) in [5, 5.41) is 10.8. The monoisotopic (exact) mass is 415 g/mol. The fraction of sp³-hybridized carbons (Fsp3) is 0.263. The Morgan fingerprint density at radius 3 is 2.86 bits per heavy atom. The number of ether oxygens (including phenoxy) is 2. The number of rotatable bonds is 8. The number of benzene rings is 1. The summed E-state index contributed by atoms with van der Waals surface area (Å²) < 4.78 is 13.9. The maximum Gasteiger partial charge on any atom is 0.264 e. The van der Waals surface area contributed by atoms with Crippen molar-refractivity contribution in [3.8, 4) is 23.1 Å². The molecule has 3 aromatic rings. The second-order valence-corrected chi connectivity index (χ2v) is 6.45. The Morgan fingerprint density at radius 1 is 1.34 bits per heavy atom. The molecular weight excluding hydrogens is 394 g/mol. The molecule has 2 N–H and O–H groups in total. The van der Waals surface area contributed by atoms with Gasteiger partial charge in [0.2, 0.25) is 5.88 Å². The minimum atomic E-state index is -0.524. The van der Waals surface area contributed by atoms with Crippen molar-refractivity contribution < 1.29 is 14.6 Å². The van der Waals surface area contributed by atoms with E-state index in [0.29, 0.717) is 23.7 Å². The summed E-state index contributed by atoms with van der Waals surface area (Å²) in [7, 11) is 3.03. The molecule has 0 aliphatic rings. The van der Waals surface area contributed by atoms with Gasteiger partial charge in [0.1, 0.15) is 17.1 Å². The van der Waals surface area contributed by atoms with E-state index in [-0.39, 0.29) is 16.2 Å². The van der Waals surface area contributed by atoms with E-state index in [1.165, 1.54) is 25.0 Å². The third kappa shape index (κ3) is 4.54. The third-order valence-electron chi connectivity index (χ3n) is 4.23. The zero-order valence-corrected chi connectivity index (χ0v) is 16.8. The van der Waals surface area contributed by atoms with E-state index in [4.69, 9.17) is 21.7 Å². The molecule has 29 heavy (non-hydrogen) atoms. The van der Waals surface area contributed by atoms with Gasteiger partial charge in [-0.05, 0) is 30.8 Å². The molecule has 0 aliphatic carbocycles. The van der Waals surface area contributed by atoms with Gasteiger partial charge in [0.05, 0.1) is 26.2 Å². The number of H-pyrrole nitrogens is 1. The number of hydrogen-bond donors (Lipinski definition) is 2. The van der Waals surface area contributed by atoms with E-state index >= 15 is 0 Å². The van der Waals surface area contributed by atoms with Crippen molar-refractivity contribution in [1.82, 2.24) is 19.1 Å². The van der Waals surface area contributed by atoms with Crippen LogP contribution >= 0.6 is 12.2 Å². The van der Waals surface area contributed by atoms with E-state index in [1.807, 2.05) is 10.8 Å². The lowest BCUT2D eigenvalue weighted by atomic mass is 10.2. The number of nitrogens with one attached hydrogen (secondary N) is 1. The number of imidazole rings is 1. The maximum atomic E-state index is 12.3. The molecule has 3 rings (SSSR count). The molecule has 9 nitrogen and oxygen atoms in total. The minimum Gasteiger partial charge on any atom is -0.497 e. The molecule has 2 heterocycles. The van der Waals surface area contributed by atoms with E-state index in [0.717, 1.165) is 13.0 Å². The topological polar surface area (TPSA) is 107 Å². The smallest absolute Gasteiger partial charge is 0.264 e. The molecular formula is C19H21N5O4S. The van der Waals surface area contributed by atoms with Crippen LogP contribution < -0.4 is 15.0 Å². The van der Waals surface area contributed by atoms with Crippen LogP contribution in [0.15, 0.2) is 46.7 Å². The average molecular weight is 415 g/mol. The third-order valence-corrected chi connectivity index (χ3v) is 4.52. The highest BCUT2D eigenvalue weighted by atomic mass is 32.1. The molecule has 0 saturated carbocycles. The first-order valence-corrected chi connectivity index (χ1v) is 9.22. The molecule has 0 amide bonds. The second kappa shape index (κ2) is 9.20. The van der Waals surface area contributed by atoms with Crippen molar-refractivity contribution in [3.63, 3.8) is 0 Å². The molecule has 1 aromatic carbocycles. The molecule has 0 bridgehead atoms. The molecule has 0 aliphatic heterocycles. The zero-order valence-electron chi connectivity index (χ0n) is 16.0. The Labute approximate surface area is 171 Å². The van der Waals surface area contributed by atoms with Gasteiger partial charge in [-0.25, -0.2) is 4.98 Å². The first-order chi connectivity index (χ1) is 14.0. The minimum absolute atomic E-state index is 0.00565. The molecule has 0 atom stereocenters. The van der Waals surface area contributed by atoms with Gasteiger partial charge >= 0.3 is 0 Å². The summed E-state index contributed by atoms with van der Waals surface area (Å²) >= 11 is 5.25. The van der Waals surface area contributed by atoms with Gasteiger partial charge in [0.25, 0.3) is 5.56 Å². The lowest BCUT2D eigenvalue weighted by molar-refractivity contribution is 0.394. The summed E-state index contributed by atoms with van der Waals surface area (Å²) in [6.45, 7) is 1.24. The Morgan fingerprint density at radius 2 is 2.17 bits per heavy atom. The van der Waals surface area contributed by atoms with Crippen molar-refractivity contribution >= 4 is 18.4 Å². The van der Waals surface area contributed by atoms with Gasteiger partial charge in [0, 0.05) is 37.8 Å². The number of aliphatic imine (C=N–C) groups is 1. The molecule has 2 aromatic heterocycles. The van der Waals surface area contributed by atoms with Crippen molar-refractivity contribution in [2.45, 2.75) is 13.0 Å². The number of methoxy groups -OCH3 is 2.